The molecule has 0 heterocycles. The molecule has 0 saturated heterocycles. The quantitative estimate of drug-likeness (QED) is 0.476. The van der Waals surface area contributed by atoms with Gasteiger partial charge in [-0.25, -0.2) is 0 Å². The highest BCUT2D eigenvalue weighted by atomic mass is 36.1. The molecule has 100 valence electrons. The molecule has 0 bridgehead atoms. The van der Waals surface area contributed by atoms with Crippen molar-refractivity contribution in [1.29, 1.82) is 0 Å². The molecule has 1 aromatic rings. The Hall–Kier alpha value is 1.22. The monoisotopic (exact) mass is 398 g/mol. The summed E-state index contributed by atoms with van der Waals surface area (Å²) in [4.78, 5) is 0. The lowest BCUT2D eigenvalue weighted by Crippen LogP contribution is -1.56. The third-order valence-corrected chi connectivity index (χ3v) is 0.756. The second kappa shape index (κ2) is 10.1. The Kier molecular flexibility index (Phi) is 12.2. The van der Waals surface area contributed by atoms with Crippen molar-refractivity contribution in [3.05, 3.63) is 30.3 Å². The molecular formula is C6H6Cl6O3P2. The van der Waals surface area contributed by atoms with Crippen LogP contribution in [0.1, 0.15) is 0 Å². The Bertz CT molecular complexity index is 351. The third-order valence-electron chi connectivity index (χ3n) is 0.756. The molecule has 1 rings (SSSR count). The van der Waals surface area contributed by atoms with E-state index in [-0.39, 0.29) is 0 Å². The maximum absolute atomic E-state index is 9.51. The van der Waals surface area contributed by atoms with E-state index in [1.807, 2.05) is 6.07 Å². The van der Waals surface area contributed by atoms with Crippen molar-refractivity contribution in [2.24, 2.45) is 0 Å². The first-order valence-corrected chi connectivity index (χ1v) is 12.4. The fourth-order valence-electron chi connectivity index (χ4n) is 0.428. The molecule has 0 radical (unpaired) electrons. The van der Waals surface area contributed by atoms with Gasteiger partial charge in [-0.05, 0) is 79.6 Å². The van der Waals surface area contributed by atoms with Crippen LogP contribution in [-0.2, 0) is 9.13 Å². The first-order valence-electron chi connectivity index (χ1n) is 3.51. The van der Waals surface area contributed by atoms with Gasteiger partial charge in [-0.1, -0.05) is 18.2 Å². The predicted octanol–water partition coefficient (Wildman–Crippen LogP) is 7.01. The van der Waals surface area contributed by atoms with Gasteiger partial charge in [0.2, 0.25) is 0 Å². The minimum Gasteiger partial charge on any atom is -0.508 e. The summed E-state index contributed by atoms with van der Waals surface area (Å²) in [5.74, 6) is 0.322. The van der Waals surface area contributed by atoms with Crippen LogP contribution in [0.2, 0.25) is 0 Å². The summed E-state index contributed by atoms with van der Waals surface area (Å²) in [5.41, 5.74) is 0. The summed E-state index contributed by atoms with van der Waals surface area (Å²) < 4.78 is 19.0. The number of hydrogen-bond donors (Lipinski definition) is 1. The van der Waals surface area contributed by atoms with Gasteiger partial charge in [-0.15, -0.1) is 0 Å². The van der Waals surface area contributed by atoms with E-state index in [0.717, 1.165) is 0 Å². The second-order valence-corrected chi connectivity index (χ2v) is 15.4. The largest absolute Gasteiger partial charge is 0.508 e. The summed E-state index contributed by atoms with van der Waals surface area (Å²) in [6, 6.07) is 8.71. The van der Waals surface area contributed by atoms with Crippen LogP contribution in [0.4, 0.5) is 0 Å². The van der Waals surface area contributed by atoms with E-state index in [0.29, 0.717) is 5.75 Å². The molecule has 11 heteroatoms. The van der Waals surface area contributed by atoms with Gasteiger partial charge in [0.15, 0.2) is 0 Å². The topological polar surface area (TPSA) is 54.4 Å². The van der Waals surface area contributed by atoms with Crippen molar-refractivity contribution in [3.8, 4) is 5.75 Å². The van der Waals surface area contributed by atoms with Crippen molar-refractivity contribution in [2.75, 3.05) is 0 Å². The maximum atomic E-state index is 9.51. The predicted molar refractivity (Wildman–Crippen MR) is 78.4 cm³/mol. The molecule has 0 saturated carbocycles. The van der Waals surface area contributed by atoms with Crippen LogP contribution < -0.4 is 0 Å². The summed E-state index contributed by atoms with van der Waals surface area (Å²) in [7, 11) is 0. The number of rotatable bonds is 0. The zero-order valence-corrected chi connectivity index (χ0v) is 14.1. The minimum atomic E-state index is -3.22. The van der Waals surface area contributed by atoms with Crippen LogP contribution in [0, 0.1) is 0 Å². The summed E-state index contributed by atoms with van der Waals surface area (Å²) >= 11 is 27.7. The molecule has 0 aromatic heterocycles. The highest BCUT2D eigenvalue weighted by molar-refractivity contribution is 8.25. The van der Waals surface area contributed by atoms with E-state index < -0.39 is 10.4 Å². The standard InChI is InChI=1S/C6H6O.2Cl3OP/c7-6-4-2-1-3-5-6;2*1-5(2,3)4/h1-5,7H;;. The molecule has 1 aromatic carbocycles. The molecule has 0 unspecified atom stereocenters. The minimum absolute atomic E-state index is 0.322. The summed E-state index contributed by atoms with van der Waals surface area (Å²) in [6.07, 6.45) is 0. The lowest BCUT2D eigenvalue weighted by molar-refractivity contribution is 0.475. The van der Waals surface area contributed by atoms with Gasteiger partial charge in [-0.3, -0.25) is 9.13 Å². The van der Waals surface area contributed by atoms with Crippen LogP contribution in [0.15, 0.2) is 30.3 Å². The van der Waals surface area contributed by atoms with Crippen LogP contribution in [-0.4, -0.2) is 5.11 Å². The highest BCUT2D eigenvalue weighted by Gasteiger charge is 2.03. The van der Waals surface area contributed by atoms with Crippen molar-refractivity contribution >= 4 is 77.8 Å². The van der Waals surface area contributed by atoms with Gasteiger partial charge in [0.1, 0.15) is 5.75 Å². The van der Waals surface area contributed by atoms with Crippen LogP contribution >= 0.6 is 77.8 Å². The van der Waals surface area contributed by atoms with Crippen LogP contribution in [0.3, 0.4) is 0 Å². The number of para-hydroxylation sites is 1. The third kappa shape index (κ3) is 46.9. The van der Waals surface area contributed by atoms with Gasteiger partial charge in [0.25, 0.3) is 0 Å². The lowest BCUT2D eigenvalue weighted by Gasteiger charge is -1.82. The zero-order chi connectivity index (χ0) is 14.1. The van der Waals surface area contributed by atoms with E-state index in [1.54, 1.807) is 24.3 Å². The number of hydrogen-bond acceptors (Lipinski definition) is 3. The van der Waals surface area contributed by atoms with Gasteiger partial charge < -0.3 is 5.11 Å². The first-order chi connectivity index (χ1) is 7.39. The Morgan fingerprint density at radius 1 is 0.765 bits per heavy atom. The van der Waals surface area contributed by atoms with Gasteiger partial charge in [0, 0.05) is 0 Å². The first kappa shape index (κ1) is 20.5. The molecular weight excluding hydrogens is 395 g/mol. The van der Waals surface area contributed by atoms with Crippen molar-refractivity contribution in [2.45, 2.75) is 0 Å². The molecule has 1 N–H and O–H groups in total. The molecule has 3 nitrogen and oxygen atoms in total. The molecule has 0 amide bonds. The molecule has 0 atom stereocenters. The SMILES string of the molecule is O=P(Cl)(Cl)Cl.O=P(Cl)(Cl)Cl.Oc1ccccc1. The molecule has 0 aliphatic rings. The van der Waals surface area contributed by atoms with E-state index in [4.69, 9.17) is 5.11 Å². The van der Waals surface area contributed by atoms with E-state index in [1.165, 1.54) is 0 Å². The van der Waals surface area contributed by atoms with E-state index >= 15 is 0 Å². The Labute approximate surface area is 127 Å². The highest BCUT2D eigenvalue weighted by Crippen LogP contribution is 2.61. The molecule has 0 aliphatic heterocycles. The Morgan fingerprint density at radius 2 is 1.00 bits per heavy atom. The maximum Gasteiger partial charge on any atom is 0.339 e. The molecule has 17 heavy (non-hydrogen) atoms. The number of phenolic OH excluding ortho intramolecular Hbond substituents is 1. The van der Waals surface area contributed by atoms with Crippen LogP contribution in [0.25, 0.3) is 0 Å². The average Bonchev–Trinajstić information content (AvgIpc) is 1.98. The van der Waals surface area contributed by atoms with Gasteiger partial charge in [-0.2, -0.15) is 0 Å². The number of phenols is 1. The molecule has 0 fully saturated rings. The Balaban J connectivity index is 0. The fourth-order valence-corrected chi connectivity index (χ4v) is 0.428. The van der Waals surface area contributed by atoms with E-state index in [2.05, 4.69) is 67.4 Å². The number of halogens is 6. The van der Waals surface area contributed by atoms with Crippen molar-refractivity contribution in [3.63, 3.8) is 0 Å². The van der Waals surface area contributed by atoms with Crippen LogP contribution in [0.5, 0.6) is 5.75 Å². The van der Waals surface area contributed by atoms with Gasteiger partial charge in [0.05, 0.1) is 0 Å². The Morgan fingerprint density at radius 3 is 1.12 bits per heavy atom. The molecule has 0 spiro atoms. The van der Waals surface area contributed by atoms with Crippen molar-refractivity contribution < 1.29 is 14.2 Å². The normalized spacial score (nSPS) is 10.5. The number of benzene rings is 1. The smallest absolute Gasteiger partial charge is 0.339 e. The van der Waals surface area contributed by atoms with E-state index in [9.17, 15) is 9.13 Å². The number of aromatic hydroxyl groups is 1. The average molecular weight is 401 g/mol. The van der Waals surface area contributed by atoms with Gasteiger partial charge >= 0.3 is 10.4 Å². The fraction of sp³-hybridized carbons (Fsp3) is 0. The lowest BCUT2D eigenvalue weighted by atomic mass is 10.3. The zero-order valence-electron chi connectivity index (χ0n) is 7.81. The second-order valence-electron chi connectivity index (χ2n) is 2.13. The van der Waals surface area contributed by atoms with Crippen molar-refractivity contribution in [1.82, 2.24) is 0 Å². The summed E-state index contributed by atoms with van der Waals surface area (Å²) in [6.45, 7) is 0. The molecule has 0 aliphatic carbocycles. The summed E-state index contributed by atoms with van der Waals surface area (Å²) in [5, 5.41) is 2.19.